The average Bonchev–Trinajstić information content (AvgIpc) is 3.10. The molecule has 142 valence electrons. The van der Waals surface area contributed by atoms with Crippen LogP contribution in [0, 0.1) is 0 Å². The minimum atomic E-state index is -0.197. The van der Waals surface area contributed by atoms with Crippen LogP contribution in [0.1, 0.15) is 42.9 Å². The van der Waals surface area contributed by atoms with Crippen molar-refractivity contribution in [3.63, 3.8) is 0 Å². The Hall–Kier alpha value is -2.04. The molecule has 2 aliphatic rings. The van der Waals surface area contributed by atoms with Crippen LogP contribution in [0.3, 0.4) is 0 Å². The van der Waals surface area contributed by atoms with E-state index < -0.39 is 0 Å². The molecule has 2 N–H and O–H groups in total. The summed E-state index contributed by atoms with van der Waals surface area (Å²) in [6.07, 6.45) is 3.40. The molecule has 1 aliphatic carbocycles. The third-order valence-electron chi connectivity index (χ3n) is 6.19. The van der Waals surface area contributed by atoms with Crippen LogP contribution in [0.25, 0.3) is 0 Å². The van der Waals surface area contributed by atoms with Gasteiger partial charge in [-0.2, -0.15) is 0 Å². The fourth-order valence-electron chi connectivity index (χ4n) is 4.51. The molecule has 0 radical (unpaired) electrons. The van der Waals surface area contributed by atoms with Crippen molar-refractivity contribution < 1.29 is 9.53 Å². The van der Waals surface area contributed by atoms with Gasteiger partial charge in [0.05, 0.1) is 6.54 Å². The first kappa shape index (κ1) is 18.3. The highest BCUT2D eigenvalue weighted by Crippen LogP contribution is 2.42. The second-order valence-corrected chi connectivity index (χ2v) is 8.10. The van der Waals surface area contributed by atoms with Gasteiger partial charge in [0.1, 0.15) is 6.10 Å². The van der Waals surface area contributed by atoms with Crippen molar-refractivity contribution in [2.45, 2.75) is 43.2 Å². The molecule has 0 unspecified atom stereocenters. The predicted octanol–water partition coefficient (Wildman–Crippen LogP) is 4.67. The summed E-state index contributed by atoms with van der Waals surface area (Å²) in [4.78, 5) is 14.4. The molecule has 0 spiro atoms. The summed E-state index contributed by atoms with van der Waals surface area (Å²) in [6, 6.07) is 18.2. The maximum atomic E-state index is 12.5. The van der Waals surface area contributed by atoms with E-state index in [0.29, 0.717) is 13.1 Å². The number of hydrogen-bond donors (Lipinski definition) is 1. The highest BCUT2D eigenvalue weighted by atomic mass is 35.5. The van der Waals surface area contributed by atoms with Gasteiger partial charge in [0.25, 0.3) is 0 Å². The van der Waals surface area contributed by atoms with E-state index in [1.165, 1.54) is 5.56 Å². The fraction of sp³-hybridized carbons (Fsp3) is 0.409. The van der Waals surface area contributed by atoms with Crippen molar-refractivity contribution in [3.8, 4) is 0 Å². The van der Waals surface area contributed by atoms with Gasteiger partial charge < -0.3 is 15.4 Å². The first-order chi connectivity index (χ1) is 13.1. The topological polar surface area (TPSA) is 55.6 Å². The summed E-state index contributed by atoms with van der Waals surface area (Å²) in [5, 5.41) is 0.747. The summed E-state index contributed by atoms with van der Waals surface area (Å²) in [7, 11) is 0. The number of ether oxygens (including phenoxy) is 1. The molecule has 4 rings (SSSR count). The van der Waals surface area contributed by atoms with Crippen LogP contribution in [-0.4, -0.2) is 30.1 Å². The molecule has 2 aromatic carbocycles. The van der Waals surface area contributed by atoms with Crippen molar-refractivity contribution in [2.24, 2.45) is 5.73 Å². The van der Waals surface area contributed by atoms with Gasteiger partial charge in [-0.25, -0.2) is 4.79 Å². The monoisotopic (exact) mass is 384 g/mol. The van der Waals surface area contributed by atoms with E-state index in [4.69, 9.17) is 22.1 Å². The fourth-order valence-corrected chi connectivity index (χ4v) is 4.71. The van der Waals surface area contributed by atoms with E-state index >= 15 is 0 Å². The highest BCUT2D eigenvalue weighted by molar-refractivity contribution is 6.30. The Labute approximate surface area is 165 Å². The predicted molar refractivity (Wildman–Crippen MR) is 107 cm³/mol. The van der Waals surface area contributed by atoms with Crippen molar-refractivity contribution in [2.75, 3.05) is 13.1 Å². The number of hydrogen-bond acceptors (Lipinski definition) is 3. The molecule has 2 aromatic rings. The first-order valence-electron chi connectivity index (χ1n) is 9.60. The second kappa shape index (κ2) is 7.53. The van der Waals surface area contributed by atoms with E-state index in [1.807, 2.05) is 53.4 Å². The molecular formula is C22H25ClN2O2. The van der Waals surface area contributed by atoms with Gasteiger partial charge in [0.15, 0.2) is 0 Å². The molecule has 1 aliphatic heterocycles. The molecule has 1 atom stereocenters. The van der Waals surface area contributed by atoms with Gasteiger partial charge in [0, 0.05) is 23.0 Å². The van der Waals surface area contributed by atoms with Crippen molar-refractivity contribution in [1.82, 2.24) is 4.90 Å². The number of rotatable bonds is 4. The van der Waals surface area contributed by atoms with Gasteiger partial charge in [0.2, 0.25) is 0 Å². The van der Waals surface area contributed by atoms with E-state index in [1.54, 1.807) is 0 Å². The van der Waals surface area contributed by atoms with Crippen LogP contribution in [0.5, 0.6) is 0 Å². The lowest BCUT2D eigenvalue weighted by Crippen LogP contribution is -2.45. The molecule has 0 aromatic heterocycles. The number of halogens is 1. The van der Waals surface area contributed by atoms with Gasteiger partial charge in [-0.05, 0) is 48.9 Å². The Morgan fingerprint density at radius 3 is 2.52 bits per heavy atom. The van der Waals surface area contributed by atoms with Crippen molar-refractivity contribution in [1.29, 1.82) is 0 Å². The summed E-state index contributed by atoms with van der Waals surface area (Å²) >= 11 is 6.20. The lowest BCUT2D eigenvalue weighted by atomic mass is 9.68. The molecule has 1 saturated heterocycles. The summed E-state index contributed by atoms with van der Waals surface area (Å²) in [5.74, 6) is 0. The second-order valence-electron chi connectivity index (χ2n) is 7.66. The van der Waals surface area contributed by atoms with Crippen LogP contribution < -0.4 is 5.73 Å². The Balaban J connectivity index is 1.45. The molecular weight excluding hydrogens is 360 g/mol. The van der Waals surface area contributed by atoms with E-state index in [-0.39, 0.29) is 23.7 Å². The van der Waals surface area contributed by atoms with Crippen molar-refractivity contribution >= 4 is 17.7 Å². The molecule has 4 nitrogen and oxygen atoms in total. The maximum absolute atomic E-state index is 12.5. The lowest BCUT2D eigenvalue weighted by Gasteiger charge is -2.42. The summed E-state index contributed by atoms with van der Waals surface area (Å²) < 4.78 is 5.64. The van der Waals surface area contributed by atoms with Crippen LogP contribution >= 0.6 is 11.6 Å². The Morgan fingerprint density at radius 2 is 1.85 bits per heavy atom. The smallest absolute Gasteiger partial charge is 0.410 e. The van der Waals surface area contributed by atoms with E-state index in [9.17, 15) is 4.79 Å². The number of benzene rings is 2. The Kier molecular flexibility index (Phi) is 5.11. The Morgan fingerprint density at radius 1 is 1.11 bits per heavy atom. The third kappa shape index (κ3) is 3.56. The van der Waals surface area contributed by atoms with Crippen LogP contribution in [0.15, 0.2) is 54.6 Å². The minimum absolute atomic E-state index is 0.0517. The van der Waals surface area contributed by atoms with Crippen molar-refractivity contribution in [3.05, 3.63) is 70.7 Å². The number of nitrogens with two attached hydrogens (primary N) is 1. The zero-order valence-electron chi connectivity index (χ0n) is 15.3. The molecule has 5 heteroatoms. The average molecular weight is 385 g/mol. The third-order valence-corrected chi connectivity index (χ3v) is 6.43. The highest BCUT2D eigenvalue weighted by Gasteiger charge is 2.42. The van der Waals surface area contributed by atoms with Gasteiger partial charge in [-0.15, -0.1) is 0 Å². The van der Waals surface area contributed by atoms with Gasteiger partial charge in [-0.1, -0.05) is 54.1 Å². The molecule has 2 fully saturated rings. The van der Waals surface area contributed by atoms with E-state index in [2.05, 4.69) is 6.07 Å². The molecule has 27 heavy (non-hydrogen) atoms. The molecule has 0 bridgehead atoms. The number of cyclic esters (lactones) is 1. The molecule has 1 amide bonds. The number of carbonyl (C=O) groups is 1. The van der Waals surface area contributed by atoms with Gasteiger partial charge >= 0.3 is 6.09 Å². The summed E-state index contributed by atoms with van der Waals surface area (Å²) in [6.45, 7) is 1.22. The largest absolute Gasteiger partial charge is 0.439 e. The lowest BCUT2D eigenvalue weighted by molar-refractivity contribution is 0.117. The van der Waals surface area contributed by atoms with Crippen LogP contribution in [-0.2, 0) is 10.2 Å². The molecule has 1 saturated carbocycles. The number of amides is 1. The number of carbonyl (C=O) groups excluding carboxylic acids is 1. The van der Waals surface area contributed by atoms with Gasteiger partial charge in [-0.3, -0.25) is 0 Å². The van der Waals surface area contributed by atoms with E-state index in [0.717, 1.165) is 36.3 Å². The maximum Gasteiger partial charge on any atom is 0.410 e. The zero-order valence-corrected chi connectivity index (χ0v) is 16.1. The first-order valence-corrected chi connectivity index (χ1v) is 9.97. The SMILES string of the molecule is NCC1(c2cccc(Cl)c2)CCC(N2C[C@@H](c3ccccc3)OC2=O)CC1. The van der Waals surface area contributed by atoms with Crippen LogP contribution in [0.2, 0.25) is 5.02 Å². The standard InChI is InChI=1S/C22H25ClN2O2/c23-18-8-4-7-17(13-18)22(15-24)11-9-19(10-12-22)25-14-20(27-21(25)26)16-5-2-1-3-6-16/h1-8,13,19-20H,9-12,14-15,24H2/t19?,20-,22?/m0/s1. The summed E-state index contributed by atoms with van der Waals surface area (Å²) in [5.41, 5.74) is 8.41. The van der Waals surface area contributed by atoms with Crippen LogP contribution in [0.4, 0.5) is 4.79 Å². The zero-order chi connectivity index (χ0) is 18.9. The Bertz CT molecular complexity index is 803. The quantitative estimate of drug-likeness (QED) is 0.833. The minimum Gasteiger partial charge on any atom is -0.439 e. The normalized spacial score (nSPS) is 28.2. The number of nitrogens with zero attached hydrogens (tertiary/aromatic N) is 1. The molecule has 1 heterocycles.